The van der Waals surface area contributed by atoms with Gasteiger partial charge < -0.3 is 15.4 Å². The summed E-state index contributed by atoms with van der Waals surface area (Å²) in [5, 5.41) is 15.0. The third-order valence-electron chi connectivity index (χ3n) is 3.93. The number of nitrogens with one attached hydrogen (secondary N) is 2. The molecule has 2 rings (SSSR count). The highest BCUT2D eigenvalue weighted by molar-refractivity contribution is 6.07. The Bertz CT molecular complexity index is 847. The van der Waals surface area contributed by atoms with Crippen molar-refractivity contribution in [2.45, 2.75) is 26.7 Å². The van der Waals surface area contributed by atoms with E-state index < -0.39 is 5.91 Å². The Hall–Kier alpha value is -3.26. The summed E-state index contributed by atoms with van der Waals surface area (Å²) in [6.07, 6.45) is 1.40. The average molecular weight is 349 g/mol. The van der Waals surface area contributed by atoms with Crippen LogP contribution in [0.5, 0.6) is 5.75 Å². The van der Waals surface area contributed by atoms with Gasteiger partial charge in [-0.05, 0) is 48.2 Å². The fourth-order valence-electron chi connectivity index (χ4n) is 2.38. The van der Waals surface area contributed by atoms with Crippen LogP contribution in [0.25, 0.3) is 0 Å². The van der Waals surface area contributed by atoms with Gasteiger partial charge in [-0.3, -0.25) is 4.79 Å². The number of benzene rings is 2. The number of nitrogens with zero attached hydrogens (tertiary/aromatic N) is 1. The van der Waals surface area contributed by atoms with Crippen molar-refractivity contribution >= 4 is 17.3 Å². The molecule has 134 valence electrons. The van der Waals surface area contributed by atoms with Gasteiger partial charge in [0.25, 0.3) is 5.91 Å². The Balaban J connectivity index is 2.12. The van der Waals surface area contributed by atoms with Crippen molar-refractivity contribution in [3.63, 3.8) is 0 Å². The summed E-state index contributed by atoms with van der Waals surface area (Å²) in [6, 6.07) is 15.2. The minimum Gasteiger partial charge on any atom is -0.495 e. The highest BCUT2D eigenvalue weighted by atomic mass is 16.5. The first-order valence-corrected chi connectivity index (χ1v) is 8.37. The van der Waals surface area contributed by atoms with Gasteiger partial charge in [0.05, 0.1) is 12.8 Å². The number of amides is 1. The van der Waals surface area contributed by atoms with E-state index in [-0.39, 0.29) is 5.57 Å². The summed E-state index contributed by atoms with van der Waals surface area (Å²) in [5.74, 6) is 0.491. The summed E-state index contributed by atoms with van der Waals surface area (Å²) in [6.45, 7) is 6.17. The third-order valence-corrected chi connectivity index (χ3v) is 3.93. The molecule has 2 aromatic carbocycles. The highest BCUT2D eigenvalue weighted by Crippen LogP contribution is 2.25. The molecular weight excluding hydrogens is 326 g/mol. The molecule has 1 amide bonds. The van der Waals surface area contributed by atoms with Gasteiger partial charge in [0.15, 0.2) is 0 Å². The van der Waals surface area contributed by atoms with Gasteiger partial charge in [0, 0.05) is 11.9 Å². The molecule has 0 saturated heterocycles. The van der Waals surface area contributed by atoms with E-state index >= 15 is 0 Å². The van der Waals surface area contributed by atoms with Crippen LogP contribution in [0, 0.1) is 18.3 Å². The summed E-state index contributed by atoms with van der Waals surface area (Å²) in [4.78, 5) is 12.4. The minimum atomic E-state index is -0.497. The number of nitriles is 1. The number of rotatable bonds is 6. The van der Waals surface area contributed by atoms with E-state index in [4.69, 9.17) is 4.74 Å². The number of carbonyl (C=O) groups is 1. The van der Waals surface area contributed by atoms with Crippen molar-refractivity contribution in [3.05, 3.63) is 65.4 Å². The number of ether oxygens (including phenoxy) is 1. The lowest BCUT2D eigenvalue weighted by atomic mass is 10.0. The fraction of sp³-hybridized carbons (Fsp3) is 0.238. The van der Waals surface area contributed by atoms with Gasteiger partial charge in [-0.15, -0.1) is 0 Å². The maximum Gasteiger partial charge on any atom is 0.267 e. The van der Waals surface area contributed by atoms with Gasteiger partial charge in [-0.1, -0.05) is 32.0 Å². The van der Waals surface area contributed by atoms with Crippen LogP contribution in [0.2, 0.25) is 0 Å². The van der Waals surface area contributed by atoms with Gasteiger partial charge in [-0.25, -0.2) is 0 Å². The van der Waals surface area contributed by atoms with E-state index in [0.29, 0.717) is 17.4 Å². The molecule has 2 aromatic rings. The molecule has 0 saturated carbocycles. The maximum atomic E-state index is 12.4. The number of hydrogen-bond acceptors (Lipinski definition) is 4. The Morgan fingerprint density at radius 1 is 1.19 bits per heavy atom. The normalized spacial score (nSPS) is 11.0. The van der Waals surface area contributed by atoms with Crippen molar-refractivity contribution in [2.75, 3.05) is 17.7 Å². The largest absolute Gasteiger partial charge is 0.495 e. The molecule has 26 heavy (non-hydrogen) atoms. The van der Waals surface area contributed by atoms with Crippen LogP contribution in [0.15, 0.2) is 54.2 Å². The van der Waals surface area contributed by atoms with Crippen molar-refractivity contribution < 1.29 is 9.53 Å². The lowest BCUT2D eigenvalue weighted by molar-refractivity contribution is -0.112. The smallest absolute Gasteiger partial charge is 0.267 e. The Labute approximate surface area is 154 Å². The molecule has 0 spiro atoms. The van der Waals surface area contributed by atoms with Crippen molar-refractivity contribution in [2.24, 2.45) is 0 Å². The second-order valence-electron chi connectivity index (χ2n) is 6.25. The first-order valence-electron chi connectivity index (χ1n) is 8.37. The zero-order valence-electron chi connectivity index (χ0n) is 15.5. The molecule has 5 nitrogen and oxygen atoms in total. The number of aryl methyl sites for hydroxylation is 1. The van der Waals surface area contributed by atoms with E-state index in [1.54, 1.807) is 12.1 Å². The zero-order valence-corrected chi connectivity index (χ0v) is 15.5. The van der Waals surface area contributed by atoms with Crippen molar-refractivity contribution in [1.29, 1.82) is 5.26 Å². The Morgan fingerprint density at radius 2 is 1.88 bits per heavy atom. The molecule has 0 aliphatic heterocycles. The van der Waals surface area contributed by atoms with E-state index in [9.17, 15) is 10.1 Å². The molecule has 0 radical (unpaired) electrons. The number of hydrogen-bond donors (Lipinski definition) is 2. The van der Waals surface area contributed by atoms with E-state index in [1.807, 2.05) is 43.3 Å². The number of methoxy groups -OCH3 is 1. The monoisotopic (exact) mass is 349 g/mol. The molecule has 0 atom stereocenters. The maximum absolute atomic E-state index is 12.4. The van der Waals surface area contributed by atoms with Gasteiger partial charge in [0.2, 0.25) is 0 Å². The van der Waals surface area contributed by atoms with E-state index in [0.717, 1.165) is 11.3 Å². The quantitative estimate of drug-likeness (QED) is 0.591. The molecule has 5 heteroatoms. The van der Waals surface area contributed by atoms with Gasteiger partial charge in [-0.2, -0.15) is 5.26 Å². The summed E-state index contributed by atoms with van der Waals surface area (Å²) >= 11 is 0. The van der Waals surface area contributed by atoms with Crippen LogP contribution in [0.1, 0.15) is 30.9 Å². The topological polar surface area (TPSA) is 74.1 Å². The molecule has 0 heterocycles. The molecular formula is C21H23N3O2. The molecule has 0 bridgehead atoms. The SMILES string of the molecule is COc1ccc(C)cc1NC(=O)/C(C#N)=C\Nc1ccc(C(C)C)cc1. The highest BCUT2D eigenvalue weighted by Gasteiger charge is 2.12. The first-order chi connectivity index (χ1) is 12.4. The lowest BCUT2D eigenvalue weighted by Crippen LogP contribution is -2.15. The number of anilines is 2. The second kappa shape index (κ2) is 8.72. The lowest BCUT2D eigenvalue weighted by Gasteiger charge is -2.11. The molecule has 0 fully saturated rings. The third kappa shape index (κ3) is 4.87. The van der Waals surface area contributed by atoms with Gasteiger partial charge >= 0.3 is 0 Å². The number of carbonyl (C=O) groups excluding carboxylic acids is 1. The van der Waals surface area contributed by atoms with Crippen LogP contribution < -0.4 is 15.4 Å². The fourth-order valence-corrected chi connectivity index (χ4v) is 2.38. The zero-order chi connectivity index (χ0) is 19.1. The summed E-state index contributed by atoms with van der Waals surface area (Å²) in [7, 11) is 1.53. The van der Waals surface area contributed by atoms with Crippen LogP contribution in [0.4, 0.5) is 11.4 Å². The first kappa shape index (κ1) is 19.1. The van der Waals surface area contributed by atoms with Gasteiger partial charge in [0.1, 0.15) is 17.4 Å². The average Bonchev–Trinajstić information content (AvgIpc) is 2.63. The predicted molar refractivity (Wildman–Crippen MR) is 104 cm³/mol. The second-order valence-corrected chi connectivity index (χ2v) is 6.25. The Morgan fingerprint density at radius 3 is 2.46 bits per heavy atom. The Kier molecular flexibility index (Phi) is 6.40. The van der Waals surface area contributed by atoms with Crippen molar-refractivity contribution in [1.82, 2.24) is 0 Å². The molecule has 0 aliphatic rings. The van der Waals surface area contributed by atoms with E-state index in [1.165, 1.54) is 18.9 Å². The van der Waals surface area contributed by atoms with Crippen LogP contribution >= 0.6 is 0 Å². The molecule has 0 unspecified atom stereocenters. The predicted octanol–water partition coefficient (Wildman–Crippen LogP) is 4.59. The minimum absolute atomic E-state index is 0.0264. The summed E-state index contributed by atoms with van der Waals surface area (Å²) in [5.41, 5.74) is 3.51. The van der Waals surface area contributed by atoms with Crippen LogP contribution in [-0.4, -0.2) is 13.0 Å². The molecule has 0 aromatic heterocycles. The van der Waals surface area contributed by atoms with E-state index in [2.05, 4.69) is 24.5 Å². The molecule has 0 aliphatic carbocycles. The van der Waals surface area contributed by atoms with Crippen LogP contribution in [0.3, 0.4) is 0 Å². The molecule has 2 N–H and O–H groups in total. The standard InChI is InChI=1S/C21H23N3O2/c1-14(2)16-6-8-18(9-7-16)23-13-17(12-22)21(25)24-19-11-15(3)5-10-20(19)26-4/h5-11,13-14,23H,1-4H3,(H,24,25)/b17-13-. The van der Waals surface area contributed by atoms with Crippen molar-refractivity contribution in [3.8, 4) is 11.8 Å². The summed E-state index contributed by atoms with van der Waals surface area (Å²) < 4.78 is 5.24. The van der Waals surface area contributed by atoms with Crippen LogP contribution in [-0.2, 0) is 4.79 Å².